The highest BCUT2D eigenvalue weighted by atomic mass is 19.4. The van der Waals surface area contributed by atoms with Crippen LogP contribution in [0.15, 0.2) is 23.2 Å². The van der Waals surface area contributed by atoms with Crippen molar-refractivity contribution in [3.63, 3.8) is 0 Å². The van der Waals surface area contributed by atoms with Crippen LogP contribution in [-0.4, -0.2) is 48.4 Å². The van der Waals surface area contributed by atoms with E-state index in [-0.39, 0.29) is 24.3 Å². The first-order valence-electron chi connectivity index (χ1n) is 10.4. The Morgan fingerprint density at radius 1 is 1.03 bits per heavy atom. The average Bonchev–Trinajstić information content (AvgIpc) is 2.70. The van der Waals surface area contributed by atoms with Gasteiger partial charge in [-0.15, -0.1) is 0 Å². The molecular weight excluding hydrogens is 451 g/mol. The number of carbonyl (C=O) groups excluding carboxylic acids is 2. The van der Waals surface area contributed by atoms with Gasteiger partial charge >= 0.3 is 12.3 Å². The van der Waals surface area contributed by atoms with E-state index in [1.54, 1.807) is 6.92 Å². The lowest BCUT2D eigenvalue weighted by Crippen LogP contribution is -2.59. The number of halogens is 5. The van der Waals surface area contributed by atoms with E-state index in [4.69, 9.17) is 4.74 Å². The van der Waals surface area contributed by atoms with Gasteiger partial charge in [0.2, 0.25) is 0 Å². The van der Waals surface area contributed by atoms with Gasteiger partial charge in [0, 0.05) is 17.6 Å². The van der Waals surface area contributed by atoms with E-state index in [1.807, 2.05) is 0 Å². The number of guanidine groups is 1. The minimum absolute atomic E-state index is 0.147. The lowest BCUT2D eigenvalue weighted by atomic mass is 9.91. The first-order chi connectivity index (χ1) is 15.3. The Bertz CT molecular complexity index is 881. The molecule has 7 nitrogen and oxygen atoms in total. The van der Waals surface area contributed by atoms with Gasteiger partial charge in [0.15, 0.2) is 17.6 Å². The number of hydrogen-bond donors (Lipinski definition) is 3. The summed E-state index contributed by atoms with van der Waals surface area (Å²) in [5.74, 6) is -3.92. The summed E-state index contributed by atoms with van der Waals surface area (Å²) in [4.78, 5) is 27.7. The summed E-state index contributed by atoms with van der Waals surface area (Å²) >= 11 is 0. The van der Waals surface area contributed by atoms with Crippen LogP contribution >= 0.6 is 0 Å². The quantitative estimate of drug-likeness (QED) is 0.338. The van der Waals surface area contributed by atoms with Crippen molar-refractivity contribution in [3.8, 4) is 0 Å². The highest BCUT2D eigenvalue weighted by Gasteiger charge is 2.48. The molecule has 184 valence electrons. The molecular formula is C21H27F5N4O3. The standard InChI is InChI=1S/C21H27F5N4O3/c1-4-33-19(32)28-14-8-6-13(7-9-14)27-18(30-20(2,3)21(24,25)26)29-17(31)12-5-10-15(22)16(23)11-12/h5,10-11,13-14H,4,6-9H2,1-3H3,(H,28,32)(H2,27,29,30,31)/t13-,14-. The predicted octanol–water partition coefficient (Wildman–Crippen LogP) is 4.04. The summed E-state index contributed by atoms with van der Waals surface area (Å²) in [5.41, 5.74) is -2.75. The molecule has 3 N–H and O–H groups in total. The molecule has 1 fully saturated rings. The summed E-state index contributed by atoms with van der Waals surface area (Å²) < 4.78 is 71.6. The molecule has 0 spiro atoms. The van der Waals surface area contributed by atoms with Crippen LogP contribution in [0.4, 0.5) is 26.7 Å². The van der Waals surface area contributed by atoms with E-state index in [0.29, 0.717) is 31.7 Å². The molecule has 1 aromatic rings. The van der Waals surface area contributed by atoms with Gasteiger partial charge in [0.25, 0.3) is 5.91 Å². The molecule has 0 atom stereocenters. The van der Waals surface area contributed by atoms with E-state index >= 15 is 0 Å². The number of amides is 2. The van der Waals surface area contributed by atoms with Crippen molar-refractivity contribution < 1.29 is 36.3 Å². The molecule has 33 heavy (non-hydrogen) atoms. The molecule has 12 heteroatoms. The van der Waals surface area contributed by atoms with Gasteiger partial charge in [0.1, 0.15) is 5.54 Å². The average molecular weight is 478 g/mol. The fourth-order valence-corrected chi connectivity index (χ4v) is 3.17. The highest BCUT2D eigenvalue weighted by molar-refractivity contribution is 6.02. The minimum atomic E-state index is -4.66. The molecule has 1 saturated carbocycles. The van der Waals surface area contributed by atoms with Crippen molar-refractivity contribution in [1.82, 2.24) is 16.0 Å². The third kappa shape index (κ3) is 7.57. The molecule has 0 unspecified atom stereocenters. The van der Waals surface area contributed by atoms with Crippen LogP contribution in [-0.2, 0) is 4.74 Å². The zero-order valence-corrected chi connectivity index (χ0v) is 18.5. The van der Waals surface area contributed by atoms with E-state index in [2.05, 4.69) is 20.9 Å². The van der Waals surface area contributed by atoms with Gasteiger partial charge in [-0.25, -0.2) is 13.6 Å². The highest BCUT2D eigenvalue weighted by Crippen LogP contribution is 2.29. The van der Waals surface area contributed by atoms with Crippen LogP contribution in [0.2, 0.25) is 0 Å². The van der Waals surface area contributed by atoms with Gasteiger partial charge in [-0.05, 0) is 64.7 Å². The Hall–Kier alpha value is -2.92. The summed E-state index contributed by atoms with van der Waals surface area (Å²) in [6.07, 6.45) is -3.19. The molecule has 1 aliphatic carbocycles. The minimum Gasteiger partial charge on any atom is -0.450 e. The molecule has 0 saturated heterocycles. The van der Waals surface area contributed by atoms with Crippen LogP contribution in [0.5, 0.6) is 0 Å². The maximum Gasteiger partial charge on any atom is 0.410 e. The topological polar surface area (TPSA) is 91.8 Å². The molecule has 0 radical (unpaired) electrons. The fourth-order valence-electron chi connectivity index (χ4n) is 3.17. The number of nitrogens with zero attached hydrogens (tertiary/aromatic N) is 1. The molecule has 2 amide bonds. The van der Waals surface area contributed by atoms with Crippen molar-refractivity contribution in [1.29, 1.82) is 0 Å². The van der Waals surface area contributed by atoms with E-state index in [1.165, 1.54) is 0 Å². The van der Waals surface area contributed by atoms with E-state index < -0.39 is 41.3 Å². The monoisotopic (exact) mass is 478 g/mol. The predicted molar refractivity (Wildman–Crippen MR) is 111 cm³/mol. The maximum absolute atomic E-state index is 13.5. The molecule has 1 aliphatic rings. The summed E-state index contributed by atoms with van der Waals surface area (Å²) in [7, 11) is 0. The number of hydrogen-bond acceptors (Lipinski definition) is 3. The first-order valence-corrected chi connectivity index (χ1v) is 10.4. The molecule has 2 rings (SSSR count). The van der Waals surface area contributed by atoms with Crippen LogP contribution in [0, 0.1) is 11.6 Å². The Morgan fingerprint density at radius 2 is 1.61 bits per heavy atom. The summed E-state index contributed by atoms with van der Waals surface area (Å²) in [5, 5.41) is 7.73. The second-order valence-corrected chi connectivity index (χ2v) is 8.20. The van der Waals surface area contributed by atoms with Crippen molar-refractivity contribution in [2.75, 3.05) is 6.61 Å². The molecule has 0 heterocycles. The number of benzene rings is 1. The first kappa shape index (κ1) is 26.3. The van der Waals surface area contributed by atoms with Crippen LogP contribution in [0.1, 0.15) is 56.8 Å². The second kappa shape index (κ2) is 10.8. The van der Waals surface area contributed by atoms with Gasteiger partial charge in [-0.2, -0.15) is 18.2 Å². The summed E-state index contributed by atoms with van der Waals surface area (Å²) in [6, 6.07) is 1.86. The van der Waals surface area contributed by atoms with Gasteiger partial charge < -0.3 is 20.7 Å². The number of rotatable bonds is 5. The van der Waals surface area contributed by atoms with Gasteiger partial charge in [0.05, 0.1) is 6.61 Å². The smallest absolute Gasteiger partial charge is 0.410 e. The maximum atomic E-state index is 13.5. The van der Waals surface area contributed by atoms with Crippen molar-refractivity contribution in [3.05, 3.63) is 35.4 Å². The van der Waals surface area contributed by atoms with E-state index in [0.717, 1.165) is 26.0 Å². The van der Waals surface area contributed by atoms with Gasteiger partial charge in [-0.1, -0.05) is 0 Å². The third-order valence-corrected chi connectivity index (χ3v) is 5.18. The lowest BCUT2D eigenvalue weighted by molar-refractivity contribution is -0.181. The summed E-state index contributed by atoms with van der Waals surface area (Å²) in [6.45, 7) is 3.67. The number of carbonyl (C=O) groups is 2. The van der Waals surface area contributed by atoms with Crippen LogP contribution in [0.25, 0.3) is 0 Å². The number of aliphatic imine (C=N–C) groups is 1. The third-order valence-electron chi connectivity index (χ3n) is 5.18. The molecule has 1 aromatic carbocycles. The van der Waals surface area contributed by atoms with Crippen molar-refractivity contribution in [2.45, 2.75) is 70.3 Å². The second-order valence-electron chi connectivity index (χ2n) is 8.20. The zero-order valence-electron chi connectivity index (χ0n) is 18.5. The van der Waals surface area contributed by atoms with E-state index in [9.17, 15) is 31.5 Å². The largest absolute Gasteiger partial charge is 0.450 e. The molecule has 0 aliphatic heterocycles. The Kier molecular flexibility index (Phi) is 8.62. The Labute approximate surface area is 188 Å². The SMILES string of the molecule is CCOC(=O)N[C@H]1CC[C@H](N/C(=N\C(=O)c2ccc(F)c(F)c2)NC(C)(C)C(F)(F)F)CC1. The van der Waals surface area contributed by atoms with Crippen molar-refractivity contribution in [2.24, 2.45) is 4.99 Å². The Morgan fingerprint density at radius 3 is 2.12 bits per heavy atom. The number of alkyl carbamates (subject to hydrolysis) is 1. The Balaban J connectivity index is 2.15. The number of ether oxygens (including phenoxy) is 1. The van der Waals surface area contributed by atoms with Crippen LogP contribution < -0.4 is 16.0 Å². The fraction of sp³-hybridized carbons (Fsp3) is 0.571. The van der Waals surface area contributed by atoms with Gasteiger partial charge in [-0.3, -0.25) is 4.79 Å². The van der Waals surface area contributed by atoms with Crippen LogP contribution in [0.3, 0.4) is 0 Å². The zero-order chi connectivity index (χ0) is 24.8. The molecule has 0 bridgehead atoms. The van der Waals surface area contributed by atoms with Crippen molar-refractivity contribution >= 4 is 18.0 Å². The normalized spacial score (nSPS) is 19.6. The molecule has 0 aromatic heterocycles. The lowest BCUT2D eigenvalue weighted by Gasteiger charge is -2.34. The number of alkyl halides is 3. The number of nitrogens with one attached hydrogen (secondary N) is 3.